The van der Waals surface area contributed by atoms with Gasteiger partial charge in [-0.2, -0.15) is 0 Å². The molecule has 3 amide bonds. The van der Waals surface area contributed by atoms with Gasteiger partial charge in [0.15, 0.2) is 0 Å². The van der Waals surface area contributed by atoms with Crippen molar-refractivity contribution in [2.75, 3.05) is 0 Å². The summed E-state index contributed by atoms with van der Waals surface area (Å²) in [7, 11) is 0. The van der Waals surface area contributed by atoms with Crippen LogP contribution in [0.3, 0.4) is 0 Å². The van der Waals surface area contributed by atoms with Crippen molar-refractivity contribution >= 4 is 17.7 Å². The molecule has 1 atom stereocenters. The van der Waals surface area contributed by atoms with Gasteiger partial charge in [-0.25, -0.2) is 0 Å². The Kier molecular flexibility index (Phi) is 2.90. The highest BCUT2D eigenvalue weighted by molar-refractivity contribution is 6.22. The number of rotatable bonds is 3. The summed E-state index contributed by atoms with van der Waals surface area (Å²) in [5.74, 6) is -1.79. The quantitative estimate of drug-likeness (QED) is 0.801. The molecule has 18 heavy (non-hydrogen) atoms. The molecule has 94 valence electrons. The van der Waals surface area contributed by atoms with Crippen LogP contribution in [0.1, 0.15) is 34.6 Å². The van der Waals surface area contributed by atoms with Gasteiger partial charge in [-0.3, -0.25) is 19.3 Å². The van der Waals surface area contributed by atoms with E-state index in [9.17, 15) is 14.4 Å². The Hall–Kier alpha value is -2.17. The van der Waals surface area contributed by atoms with E-state index in [1.54, 1.807) is 38.1 Å². The van der Waals surface area contributed by atoms with Crippen LogP contribution in [0.5, 0.6) is 0 Å². The number of amides is 3. The highest BCUT2D eigenvalue weighted by atomic mass is 16.2. The van der Waals surface area contributed by atoms with E-state index < -0.39 is 23.8 Å². The van der Waals surface area contributed by atoms with Gasteiger partial charge in [0.2, 0.25) is 5.91 Å². The van der Waals surface area contributed by atoms with Crippen molar-refractivity contribution in [3.05, 3.63) is 35.4 Å². The molecular weight excluding hydrogens is 232 g/mol. The second-order valence-electron chi connectivity index (χ2n) is 4.62. The Morgan fingerprint density at radius 1 is 1.11 bits per heavy atom. The Morgan fingerprint density at radius 3 is 1.89 bits per heavy atom. The number of carbonyl (C=O) groups excluding carboxylic acids is 3. The Morgan fingerprint density at radius 2 is 1.56 bits per heavy atom. The lowest BCUT2D eigenvalue weighted by Gasteiger charge is -2.26. The number of benzene rings is 1. The Balaban J connectivity index is 2.47. The van der Waals surface area contributed by atoms with Crippen LogP contribution < -0.4 is 5.73 Å². The summed E-state index contributed by atoms with van der Waals surface area (Å²) in [5.41, 5.74) is 5.95. The van der Waals surface area contributed by atoms with Crippen LogP contribution in [0.15, 0.2) is 24.3 Å². The number of nitrogens with two attached hydrogens (primary N) is 1. The molecule has 0 bridgehead atoms. The maximum Gasteiger partial charge on any atom is 0.262 e. The number of hydrogen-bond acceptors (Lipinski definition) is 3. The van der Waals surface area contributed by atoms with Gasteiger partial charge in [-0.05, 0) is 18.1 Å². The van der Waals surface area contributed by atoms with Crippen molar-refractivity contribution in [2.45, 2.75) is 19.9 Å². The summed E-state index contributed by atoms with van der Waals surface area (Å²) in [5, 5.41) is 0. The van der Waals surface area contributed by atoms with Gasteiger partial charge < -0.3 is 5.73 Å². The summed E-state index contributed by atoms with van der Waals surface area (Å²) in [4.78, 5) is 36.7. The molecule has 0 fully saturated rings. The molecule has 1 heterocycles. The molecule has 0 aromatic heterocycles. The first kappa shape index (κ1) is 12.3. The Bertz CT molecular complexity index is 502. The number of nitrogens with zero attached hydrogens (tertiary/aromatic N) is 1. The van der Waals surface area contributed by atoms with Gasteiger partial charge in [0.05, 0.1) is 11.1 Å². The maximum atomic E-state index is 12.2. The van der Waals surface area contributed by atoms with Gasteiger partial charge in [0.1, 0.15) is 6.04 Å². The fourth-order valence-electron chi connectivity index (χ4n) is 2.21. The van der Waals surface area contributed by atoms with Crippen LogP contribution in [0.2, 0.25) is 0 Å². The molecule has 2 rings (SSSR count). The first-order valence-corrected chi connectivity index (χ1v) is 5.71. The van der Waals surface area contributed by atoms with Crippen molar-refractivity contribution in [1.29, 1.82) is 0 Å². The predicted octanol–water partition coefficient (Wildman–Crippen LogP) is 0.792. The SMILES string of the molecule is CC(C)[C@@H](C(N)=O)N1C(=O)c2ccccc2C1=O. The topological polar surface area (TPSA) is 80.5 Å². The van der Waals surface area contributed by atoms with E-state index in [1.807, 2.05) is 0 Å². The van der Waals surface area contributed by atoms with Crippen LogP contribution in [0.4, 0.5) is 0 Å². The van der Waals surface area contributed by atoms with Crippen LogP contribution in [-0.2, 0) is 4.79 Å². The van der Waals surface area contributed by atoms with Gasteiger partial charge in [0, 0.05) is 0 Å². The number of fused-ring (bicyclic) bond motifs is 1. The molecule has 1 aliphatic heterocycles. The third-order valence-corrected chi connectivity index (χ3v) is 3.03. The zero-order valence-corrected chi connectivity index (χ0v) is 10.2. The van der Waals surface area contributed by atoms with Crippen LogP contribution in [0, 0.1) is 5.92 Å². The monoisotopic (exact) mass is 246 g/mol. The predicted molar refractivity (Wildman–Crippen MR) is 64.8 cm³/mol. The van der Waals surface area contributed by atoms with Crippen molar-refractivity contribution in [3.63, 3.8) is 0 Å². The normalized spacial score (nSPS) is 16.1. The lowest BCUT2D eigenvalue weighted by Crippen LogP contribution is -2.50. The number of hydrogen-bond donors (Lipinski definition) is 1. The molecule has 0 aliphatic carbocycles. The molecule has 2 N–H and O–H groups in total. The zero-order valence-electron chi connectivity index (χ0n) is 10.2. The molecule has 0 saturated heterocycles. The van der Waals surface area contributed by atoms with E-state index in [0.29, 0.717) is 11.1 Å². The van der Waals surface area contributed by atoms with Crippen molar-refractivity contribution < 1.29 is 14.4 Å². The van der Waals surface area contributed by atoms with E-state index in [1.165, 1.54) is 0 Å². The Labute approximate surface area is 105 Å². The molecule has 1 aromatic rings. The summed E-state index contributed by atoms with van der Waals surface area (Å²) in [6.45, 7) is 3.50. The summed E-state index contributed by atoms with van der Waals surface area (Å²) in [6, 6.07) is 5.61. The second kappa shape index (κ2) is 4.25. The molecule has 1 aromatic carbocycles. The lowest BCUT2D eigenvalue weighted by molar-refractivity contribution is -0.123. The average Bonchev–Trinajstić information content (AvgIpc) is 2.55. The number of primary amides is 1. The van der Waals surface area contributed by atoms with E-state index in [4.69, 9.17) is 5.73 Å². The highest BCUT2D eigenvalue weighted by Crippen LogP contribution is 2.26. The lowest BCUT2D eigenvalue weighted by atomic mass is 10.0. The maximum absolute atomic E-state index is 12.2. The van der Waals surface area contributed by atoms with Crippen LogP contribution in [-0.4, -0.2) is 28.7 Å². The zero-order chi connectivity index (χ0) is 13.4. The smallest absolute Gasteiger partial charge is 0.262 e. The van der Waals surface area contributed by atoms with E-state index in [2.05, 4.69) is 0 Å². The fourth-order valence-corrected chi connectivity index (χ4v) is 2.21. The summed E-state index contributed by atoms with van der Waals surface area (Å²) < 4.78 is 0. The van der Waals surface area contributed by atoms with Crippen LogP contribution in [0.25, 0.3) is 0 Å². The number of imide groups is 1. The van der Waals surface area contributed by atoms with Crippen molar-refractivity contribution in [3.8, 4) is 0 Å². The molecular formula is C13H14N2O3. The molecule has 1 aliphatic rings. The molecule has 5 heteroatoms. The minimum atomic E-state index is -0.905. The van der Waals surface area contributed by atoms with Gasteiger partial charge in [-0.15, -0.1) is 0 Å². The van der Waals surface area contributed by atoms with E-state index in [-0.39, 0.29) is 5.92 Å². The second-order valence-corrected chi connectivity index (χ2v) is 4.62. The number of carbonyl (C=O) groups is 3. The van der Waals surface area contributed by atoms with Crippen molar-refractivity contribution in [2.24, 2.45) is 11.7 Å². The van der Waals surface area contributed by atoms with Crippen LogP contribution >= 0.6 is 0 Å². The third kappa shape index (κ3) is 1.68. The summed E-state index contributed by atoms with van der Waals surface area (Å²) in [6.07, 6.45) is 0. The van der Waals surface area contributed by atoms with Gasteiger partial charge in [-0.1, -0.05) is 26.0 Å². The molecule has 5 nitrogen and oxygen atoms in total. The van der Waals surface area contributed by atoms with Crippen molar-refractivity contribution in [1.82, 2.24) is 4.90 Å². The van der Waals surface area contributed by atoms with Gasteiger partial charge in [0.25, 0.3) is 11.8 Å². The fraction of sp³-hybridized carbons (Fsp3) is 0.308. The average molecular weight is 246 g/mol. The van der Waals surface area contributed by atoms with E-state index in [0.717, 1.165) is 4.90 Å². The minimum absolute atomic E-state index is 0.218. The molecule has 0 spiro atoms. The standard InChI is InChI=1S/C13H14N2O3/c1-7(2)10(11(14)16)15-12(17)8-5-3-4-6-9(8)13(15)18/h3-7,10H,1-2H3,(H2,14,16)/t10-/m0/s1. The van der Waals surface area contributed by atoms with E-state index >= 15 is 0 Å². The first-order valence-electron chi connectivity index (χ1n) is 5.71. The molecule has 0 saturated carbocycles. The first-order chi connectivity index (χ1) is 8.45. The third-order valence-electron chi connectivity index (χ3n) is 3.03. The molecule has 0 unspecified atom stereocenters. The summed E-state index contributed by atoms with van der Waals surface area (Å²) >= 11 is 0. The molecule has 0 radical (unpaired) electrons. The minimum Gasteiger partial charge on any atom is -0.368 e. The van der Waals surface area contributed by atoms with Gasteiger partial charge >= 0.3 is 0 Å². The highest BCUT2D eigenvalue weighted by Gasteiger charge is 2.42. The largest absolute Gasteiger partial charge is 0.368 e.